The molecule has 20 heavy (non-hydrogen) atoms. The fraction of sp³-hybridized carbons (Fsp3) is 0.385. The normalized spacial score (nSPS) is 12.3. The lowest BCUT2D eigenvalue weighted by atomic mass is 10.2. The second-order valence-corrected chi connectivity index (χ2v) is 5.05. The highest BCUT2D eigenvalue weighted by Gasteiger charge is 2.12. The first-order valence-electron chi connectivity index (χ1n) is 6.20. The predicted octanol–water partition coefficient (Wildman–Crippen LogP) is 1.38. The van der Waals surface area contributed by atoms with E-state index in [-0.39, 0.29) is 18.4 Å². The molecule has 3 N–H and O–H groups in total. The van der Waals surface area contributed by atoms with E-state index in [1.54, 1.807) is 13.4 Å². The van der Waals surface area contributed by atoms with Gasteiger partial charge in [0.05, 0.1) is 31.0 Å². The zero-order valence-electron chi connectivity index (χ0n) is 11.2. The van der Waals surface area contributed by atoms with Crippen molar-refractivity contribution in [2.45, 2.75) is 19.1 Å². The van der Waals surface area contributed by atoms with Gasteiger partial charge in [-0.3, -0.25) is 4.79 Å². The molecule has 2 heterocycles. The minimum Gasteiger partial charge on any atom is -0.462 e. The zero-order valence-corrected chi connectivity index (χ0v) is 12.0. The summed E-state index contributed by atoms with van der Waals surface area (Å²) in [6, 6.07) is 3.67. The van der Waals surface area contributed by atoms with Gasteiger partial charge in [0.1, 0.15) is 0 Å². The van der Waals surface area contributed by atoms with Gasteiger partial charge in [0.15, 0.2) is 10.8 Å². The van der Waals surface area contributed by atoms with Gasteiger partial charge >= 0.3 is 0 Å². The summed E-state index contributed by atoms with van der Waals surface area (Å²) in [6.07, 6.45) is 1.61. The fourth-order valence-electron chi connectivity index (χ4n) is 1.63. The summed E-state index contributed by atoms with van der Waals surface area (Å²) < 4.78 is 10.3. The molecule has 0 aromatic carbocycles. The summed E-state index contributed by atoms with van der Waals surface area (Å²) in [6.45, 7) is 0.709. The fourth-order valence-corrected chi connectivity index (χ4v) is 2.42. The molecule has 6 nitrogen and oxygen atoms in total. The van der Waals surface area contributed by atoms with Crippen molar-refractivity contribution in [3.8, 4) is 10.8 Å². The van der Waals surface area contributed by atoms with Crippen LogP contribution >= 0.6 is 11.3 Å². The Hall–Kier alpha value is -1.70. The number of carbonyl (C=O) groups excluding carboxylic acids is 1. The first-order chi connectivity index (χ1) is 9.72. The molecule has 0 saturated heterocycles. The number of thiazole rings is 1. The van der Waals surface area contributed by atoms with Crippen molar-refractivity contribution in [1.29, 1.82) is 0 Å². The van der Waals surface area contributed by atoms with Crippen molar-refractivity contribution in [1.82, 2.24) is 10.3 Å². The number of furan rings is 1. The first kappa shape index (κ1) is 14.7. The van der Waals surface area contributed by atoms with Crippen molar-refractivity contribution >= 4 is 17.2 Å². The molecule has 0 radical (unpaired) electrons. The van der Waals surface area contributed by atoms with Gasteiger partial charge in [-0.15, -0.1) is 11.3 Å². The summed E-state index contributed by atoms with van der Waals surface area (Å²) in [4.78, 5) is 16.1. The topological polar surface area (TPSA) is 90.4 Å². The highest BCUT2D eigenvalue weighted by molar-refractivity contribution is 7.13. The number of nitrogens with zero attached hydrogens (tertiary/aromatic N) is 1. The molecule has 2 rings (SSSR count). The first-order valence-corrected chi connectivity index (χ1v) is 7.08. The highest BCUT2D eigenvalue weighted by atomic mass is 32.1. The third kappa shape index (κ3) is 3.89. The van der Waals surface area contributed by atoms with Crippen LogP contribution in [0.15, 0.2) is 28.2 Å². The Kier molecular flexibility index (Phi) is 5.28. The molecule has 0 bridgehead atoms. The van der Waals surface area contributed by atoms with E-state index >= 15 is 0 Å². The number of amides is 1. The maximum Gasteiger partial charge on any atom is 0.222 e. The number of nitrogens with one attached hydrogen (secondary N) is 1. The number of ether oxygens (including phenoxy) is 1. The van der Waals surface area contributed by atoms with Crippen LogP contribution in [0.5, 0.6) is 0 Å². The maximum atomic E-state index is 11.7. The van der Waals surface area contributed by atoms with Gasteiger partial charge in [-0.25, -0.2) is 4.98 Å². The third-order valence-electron chi connectivity index (χ3n) is 2.76. The quantitative estimate of drug-likeness (QED) is 0.805. The molecule has 0 fully saturated rings. The number of aromatic nitrogens is 1. The molecule has 1 amide bonds. The molecule has 1 unspecified atom stereocenters. The lowest BCUT2D eigenvalue weighted by Crippen LogP contribution is -2.31. The Morgan fingerprint density at radius 3 is 3.15 bits per heavy atom. The van der Waals surface area contributed by atoms with Crippen molar-refractivity contribution in [2.24, 2.45) is 5.73 Å². The van der Waals surface area contributed by atoms with E-state index in [0.717, 1.165) is 16.5 Å². The molecule has 0 aliphatic heterocycles. The molecule has 2 aromatic rings. The number of methoxy groups -OCH3 is 1. The second kappa shape index (κ2) is 7.18. The zero-order chi connectivity index (χ0) is 14.4. The summed E-state index contributed by atoms with van der Waals surface area (Å²) in [7, 11) is 1.54. The lowest BCUT2D eigenvalue weighted by Gasteiger charge is -2.11. The van der Waals surface area contributed by atoms with Crippen molar-refractivity contribution in [2.75, 3.05) is 13.7 Å². The van der Waals surface area contributed by atoms with Crippen molar-refractivity contribution in [3.63, 3.8) is 0 Å². The summed E-state index contributed by atoms with van der Waals surface area (Å²) >= 11 is 1.48. The van der Waals surface area contributed by atoms with Crippen molar-refractivity contribution < 1.29 is 13.9 Å². The van der Waals surface area contributed by atoms with Crippen LogP contribution in [0.25, 0.3) is 10.8 Å². The molecule has 1 atom stereocenters. The van der Waals surface area contributed by atoms with E-state index in [2.05, 4.69) is 10.3 Å². The van der Waals surface area contributed by atoms with Gasteiger partial charge in [0.2, 0.25) is 5.91 Å². The van der Waals surface area contributed by atoms with E-state index in [1.807, 2.05) is 17.5 Å². The van der Waals surface area contributed by atoms with Crippen LogP contribution in [0.2, 0.25) is 0 Å². The Bertz CT molecular complexity index is 535. The molecule has 2 aromatic heterocycles. The second-order valence-electron chi connectivity index (χ2n) is 4.20. The Labute approximate surface area is 120 Å². The minimum absolute atomic E-state index is 0.102. The molecule has 108 valence electrons. The Morgan fingerprint density at radius 2 is 2.50 bits per heavy atom. The van der Waals surface area contributed by atoms with E-state index in [0.29, 0.717) is 13.1 Å². The predicted molar refractivity (Wildman–Crippen MR) is 76.1 cm³/mol. The minimum atomic E-state index is -0.246. The van der Waals surface area contributed by atoms with Crippen LogP contribution in [0, 0.1) is 0 Å². The number of hydrogen-bond donors (Lipinski definition) is 2. The molecule has 0 aliphatic rings. The number of rotatable bonds is 7. The van der Waals surface area contributed by atoms with E-state index in [1.165, 1.54) is 11.3 Å². The molecule has 0 spiro atoms. The van der Waals surface area contributed by atoms with E-state index in [4.69, 9.17) is 14.9 Å². The van der Waals surface area contributed by atoms with Crippen LogP contribution in [0.4, 0.5) is 0 Å². The molecule has 0 aliphatic carbocycles. The largest absolute Gasteiger partial charge is 0.462 e. The number of nitrogens with two attached hydrogens (primary N) is 1. The van der Waals surface area contributed by atoms with Crippen LogP contribution in [0.1, 0.15) is 12.1 Å². The van der Waals surface area contributed by atoms with Gasteiger partial charge < -0.3 is 20.2 Å². The van der Waals surface area contributed by atoms with Crippen LogP contribution in [0.3, 0.4) is 0 Å². The molecule has 0 saturated carbocycles. The Balaban J connectivity index is 1.84. The van der Waals surface area contributed by atoms with Crippen LogP contribution in [-0.2, 0) is 16.1 Å². The van der Waals surface area contributed by atoms with Gasteiger partial charge in [-0.2, -0.15) is 0 Å². The molecule has 7 heteroatoms. The smallest absolute Gasteiger partial charge is 0.222 e. The Morgan fingerprint density at radius 1 is 1.65 bits per heavy atom. The number of carbonyl (C=O) groups is 1. The average molecular weight is 295 g/mol. The van der Waals surface area contributed by atoms with Crippen LogP contribution in [-0.4, -0.2) is 30.6 Å². The summed E-state index contributed by atoms with van der Waals surface area (Å²) in [5.74, 6) is 0.630. The molecular formula is C13H17N3O3S. The summed E-state index contributed by atoms with van der Waals surface area (Å²) in [5, 5.41) is 5.50. The van der Waals surface area contributed by atoms with Crippen molar-refractivity contribution in [3.05, 3.63) is 29.5 Å². The summed E-state index contributed by atoms with van der Waals surface area (Å²) in [5.41, 5.74) is 6.27. The van der Waals surface area contributed by atoms with E-state index in [9.17, 15) is 4.79 Å². The molecular weight excluding hydrogens is 278 g/mol. The average Bonchev–Trinajstić information content (AvgIpc) is 3.12. The van der Waals surface area contributed by atoms with Gasteiger partial charge in [-0.1, -0.05) is 0 Å². The maximum absolute atomic E-state index is 11.7. The van der Waals surface area contributed by atoms with Gasteiger partial charge in [-0.05, 0) is 12.1 Å². The van der Waals surface area contributed by atoms with E-state index < -0.39 is 0 Å². The highest BCUT2D eigenvalue weighted by Crippen LogP contribution is 2.23. The third-order valence-corrected chi connectivity index (χ3v) is 3.67. The number of hydrogen-bond acceptors (Lipinski definition) is 6. The SMILES string of the molecule is COC(CN)CC(=O)NCc1csc(-c2ccco2)n1. The monoisotopic (exact) mass is 295 g/mol. The van der Waals surface area contributed by atoms with Gasteiger partial charge in [0, 0.05) is 19.0 Å². The lowest BCUT2D eigenvalue weighted by molar-refractivity contribution is -0.123. The van der Waals surface area contributed by atoms with Gasteiger partial charge in [0.25, 0.3) is 0 Å². The standard InChI is InChI=1S/C13H17N3O3S/c1-18-10(6-14)5-12(17)15-7-9-8-20-13(16-9)11-3-2-4-19-11/h2-4,8,10H,5-7,14H2,1H3,(H,15,17). The van der Waals surface area contributed by atoms with Crippen LogP contribution < -0.4 is 11.1 Å².